The summed E-state index contributed by atoms with van der Waals surface area (Å²) in [7, 11) is 1.47. The predicted octanol–water partition coefficient (Wildman–Crippen LogP) is 3.05. The molecule has 0 bridgehead atoms. The van der Waals surface area contributed by atoms with Gasteiger partial charge in [0.25, 0.3) is 0 Å². The third-order valence-corrected chi connectivity index (χ3v) is 4.41. The molecule has 0 aliphatic carbocycles. The highest BCUT2D eigenvalue weighted by Crippen LogP contribution is 2.37. The topological polar surface area (TPSA) is 62.3 Å². The summed E-state index contributed by atoms with van der Waals surface area (Å²) >= 11 is 0. The van der Waals surface area contributed by atoms with Gasteiger partial charge in [-0.3, -0.25) is 9.59 Å². The summed E-state index contributed by atoms with van der Waals surface area (Å²) in [5, 5.41) is 2.36. The van der Waals surface area contributed by atoms with Crippen molar-refractivity contribution in [1.82, 2.24) is 9.88 Å². The molecule has 1 saturated heterocycles. The molecule has 1 aromatic heterocycles. The minimum Gasteiger partial charge on any atom is -0.344 e. The van der Waals surface area contributed by atoms with E-state index in [1.807, 2.05) is 0 Å². The minimum absolute atomic E-state index is 0.0786. The second-order valence-electron chi connectivity index (χ2n) is 6.26. The molecule has 1 N–H and O–H groups in total. The van der Waals surface area contributed by atoms with Crippen LogP contribution in [-0.4, -0.2) is 35.3 Å². The molecule has 142 valence electrons. The molecule has 2 heterocycles. The van der Waals surface area contributed by atoms with E-state index in [1.54, 1.807) is 0 Å². The Balaban J connectivity index is 1.90. The number of nitrogens with one attached hydrogen (secondary N) is 1. The molecule has 1 aliphatic heterocycles. The molecule has 27 heavy (non-hydrogen) atoms. The van der Waals surface area contributed by atoms with Crippen LogP contribution in [-0.2, 0) is 15.8 Å². The molecule has 0 radical (unpaired) electrons. The van der Waals surface area contributed by atoms with Crippen LogP contribution in [0.25, 0.3) is 0 Å². The number of rotatable bonds is 3. The van der Waals surface area contributed by atoms with E-state index in [0.717, 1.165) is 18.2 Å². The van der Waals surface area contributed by atoms with E-state index in [2.05, 4.69) is 10.3 Å². The van der Waals surface area contributed by atoms with Crippen LogP contribution in [0, 0.1) is 11.9 Å². The normalized spacial score (nSPS) is 20.0. The second kappa shape index (κ2) is 6.98. The van der Waals surface area contributed by atoms with Gasteiger partial charge in [-0.25, -0.2) is 4.98 Å². The Morgan fingerprint density at radius 1 is 1.22 bits per heavy atom. The van der Waals surface area contributed by atoms with Gasteiger partial charge in [0, 0.05) is 19.5 Å². The van der Waals surface area contributed by atoms with Gasteiger partial charge in [0.15, 0.2) is 0 Å². The molecule has 2 atom stereocenters. The average molecular weight is 381 g/mol. The van der Waals surface area contributed by atoms with Gasteiger partial charge in [-0.15, -0.1) is 0 Å². The largest absolute Gasteiger partial charge is 0.416 e. The molecule has 1 aromatic carbocycles. The van der Waals surface area contributed by atoms with Crippen molar-refractivity contribution in [3.63, 3.8) is 0 Å². The van der Waals surface area contributed by atoms with Crippen LogP contribution in [0.15, 0.2) is 42.5 Å². The zero-order chi connectivity index (χ0) is 19.8. The fourth-order valence-electron chi connectivity index (χ4n) is 3.12. The van der Waals surface area contributed by atoms with Crippen LogP contribution >= 0.6 is 0 Å². The van der Waals surface area contributed by atoms with Gasteiger partial charge in [0.1, 0.15) is 11.7 Å². The van der Waals surface area contributed by atoms with Crippen molar-refractivity contribution in [2.24, 2.45) is 5.92 Å². The highest BCUT2D eigenvalue weighted by atomic mass is 19.4. The van der Waals surface area contributed by atoms with Crippen molar-refractivity contribution in [3.05, 3.63) is 59.5 Å². The standard InChI is InChI=1S/C18H15F4N3O2/c1-25-9-12(10-4-2-5-11(8-10)18(20,21)22)15(17(25)27)16(26)24-14-7-3-6-13(19)23-14/h2-8,12,15H,9H2,1H3,(H,23,24,26)/t12-,15+/m0/s1. The van der Waals surface area contributed by atoms with Gasteiger partial charge < -0.3 is 10.2 Å². The van der Waals surface area contributed by atoms with Crippen molar-refractivity contribution >= 4 is 17.6 Å². The fraction of sp³-hybridized carbons (Fsp3) is 0.278. The Morgan fingerprint density at radius 2 is 1.93 bits per heavy atom. The van der Waals surface area contributed by atoms with Gasteiger partial charge in [0.05, 0.1) is 5.56 Å². The number of nitrogens with zero attached hydrogens (tertiary/aromatic N) is 2. The number of carbonyl (C=O) groups is 2. The third-order valence-electron chi connectivity index (χ3n) is 4.41. The smallest absolute Gasteiger partial charge is 0.344 e. The molecule has 3 rings (SSSR count). The van der Waals surface area contributed by atoms with E-state index in [0.29, 0.717) is 0 Å². The van der Waals surface area contributed by atoms with Crippen LogP contribution < -0.4 is 5.32 Å². The van der Waals surface area contributed by atoms with E-state index >= 15 is 0 Å². The average Bonchev–Trinajstić information content (AvgIpc) is 2.89. The fourth-order valence-corrected chi connectivity index (χ4v) is 3.12. The maximum absolute atomic E-state index is 13.2. The van der Waals surface area contributed by atoms with Crippen molar-refractivity contribution in [2.75, 3.05) is 18.9 Å². The van der Waals surface area contributed by atoms with Crippen LogP contribution in [0.2, 0.25) is 0 Å². The van der Waals surface area contributed by atoms with Gasteiger partial charge in [0.2, 0.25) is 17.8 Å². The number of likely N-dealkylation sites (tertiary alicyclic amines) is 1. The number of benzene rings is 1. The second-order valence-corrected chi connectivity index (χ2v) is 6.26. The molecular weight excluding hydrogens is 366 g/mol. The van der Waals surface area contributed by atoms with Gasteiger partial charge in [-0.05, 0) is 23.8 Å². The first kappa shape index (κ1) is 18.8. The molecule has 0 unspecified atom stereocenters. The van der Waals surface area contributed by atoms with Crippen molar-refractivity contribution in [2.45, 2.75) is 12.1 Å². The van der Waals surface area contributed by atoms with E-state index in [-0.39, 0.29) is 17.9 Å². The number of aromatic nitrogens is 1. The van der Waals surface area contributed by atoms with Gasteiger partial charge in [-0.1, -0.05) is 24.3 Å². The third kappa shape index (κ3) is 3.91. The molecule has 5 nitrogen and oxygen atoms in total. The van der Waals surface area contributed by atoms with Gasteiger partial charge in [-0.2, -0.15) is 17.6 Å². The summed E-state index contributed by atoms with van der Waals surface area (Å²) in [4.78, 5) is 29.8. The highest BCUT2D eigenvalue weighted by Gasteiger charge is 2.45. The molecular formula is C18H15F4N3O2. The number of hydrogen-bond acceptors (Lipinski definition) is 3. The molecule has 0 spiro atoms. The predicted molar refractivity (Wildman–Crippen MR) is 88.1 cm³/mol. The summed E-state index contributed by atoms with van der Waals surface area (Å²) in [6.07, 6.45) is -4.53. The van der Waals surface area contributed by atoms with Gasteiger partial charge >= 0.3 is 6.18 Å². The molecule has 1 aliphatic rings. The monoisotopic (exact) mass is 381 g/mol. The lowest BCUT2D eigenvalue weighted by Gasteiger charge is -2.18. The quantitative estimate of drug-likeness (QED) is 0.505. The lowest BCUT2D eigenvalue weighted by molar-refractivity contribution is -0.137. The summed E-state index contributed by atoms with van der Waals surface area (Å²) in [6, 6.07) is 8.34. The number of alkyl halides is 3. The first-order chi connectivity index (χ1) is 12.7. The number of pyridine rings is 1. The lowest BCUT2D eigenvalue weighted by atomic mass is 9.87. The summed E-state index contributed by atoms with van der Waals surface area (Å²) < 4.78 is 52.2. The zero-order valence-electron chi connectivity index (χ0n) is 14.1. The van der Waals surface area contributed by atoms with Crippen LogP contribution in [0.5, 0.6) is 0 Å². The number of hydrogen-bond donors (Lipinski definition) is 1. The maximum Gasteiger partial charge on any atom is 0.416 e. The molecule has 0 saturated carbocycles. The number of carbonyl (C=O) groups excluding carboxylic acids is 2. The van der Waals surface area contributed by atoms with Crippen LogP contribution in [0.4, 0.5) is 23.4 Å². The van der Waals surface area contributed by atoms with E-state index in [4.69, 9.17) is 0 Å². The number of amides is 2. The van der Waals surface area contributed by atoms with E-state index < -0.39 is 41.3 Å². The number of halogens is 4. The first-order valence-electron chi connectivity index (χ1n) is 8.02. The van der Waals surface area contributed by atoms with Crippen molar-refractivity contribution in [1.29, 1.82) is 0 Å². The molecule has 1 fully saturated rings. The van der Waals surface area contributed by atoms with Crippen molar-refractivity contribution < 1.29 is 27.2 Å². The number of likely N-dealkylation sites (N-methyl/N-ethyl adjacent to an activating group) is 1. The summed E-state index contributed by atoms with van der Waals surface area (Å²) in [5.41, 5.74) is -0.622. The molecule has 9 heteroatoms. The maximum atomic E-state index is 13.2. The first-order valence-corrected chi connectivity index (χ1v) is 8.02. The lowest BCUT2D eigenvalue weighted by Crippen LogP contribution is -2.33. The molecule has 2 amide bonds. The Morgan fingerprint density at radius 3 is 2.59 bits per heavy atom. The Kier molecular flexibility index (Phi) is 4.86. The highest BCUT2D eigenvalue weighted by molar-refractivity contribution is 6.08. The van der Waals surface area contributed by atoms with E-state index in [9.17, 15) is 27.2 Å². The van der Waals surface area contributed by atoms with Crippen LogP contribution in [0.1, 0.15) is 17.0 Å². The molecule has 2 aromatic rings. The minimum atomic E-state index is -4.53. The zero-order valence-corrected chi connectivity index (χ0v) is 14.1. The number of anilines is 1. The SMILES string of the molecule is CN1C[C@@H](c2cccc(C(F)(F)F)c2)[C@H](C(=O)Nc2cccc(F)n2)C1=O. The summed E-state index contributed by atoms with van der Waals surface area (Å²) in [6.45, 7) is 0.0921. The Hall–Kier alpha value is -2.97. The van der Waals surface area contributed by atoms with Crippen molar-refractivity contribution in [3.8, 4) is 0 Å². The Labute approximate surface area is 152 Å². The Bertz CT molecular complexity index is 885. The summed E-state index contributed by atoms with van der Waals surface area (Å²) in [5.74, 6) is -4.15. The van der Waals surface area contributed by atoms with Crippen LogP contribution in [0.3, 0.4) is 0 Å². The van der Waals surface area contributed by atoms with E-state index in [1.165, 1.54) is 36.2 Å².